The van der Waals surface area contributed by atoms with E-state index in [1.54, 1.807) is 21.1 Å². The maximum Gasteiger partial charge on any atom is 0.310 e. The van der Waals surface area contributed by atoms with Gasteiger partial charge in [-0.2, -0.15) is 0 Å². The van der Waals surface area contributed by atoms with Gasteiger partial charge >= 0.3 is 5.97 Å². The van der Waals surface area contributed by atoms with Gasteiger partial charge in [0, 0.05) is 27.6 Å². The lowest BCUT2D eigenvalue weighted by Gasteiger charge is -2.29. The summed E-state index contributed by atoms with van der Waals surface area (Å²) in [6.07, 6.45) is 4.82. The van der Waals surface area contributed by atoms with Gasteiger partial charge in [-0.15, -0.1) is 0 Å². The Kier molecular flexibility index (Phi) is 6.18. The van der Waals surface area contributed by atoms with E-state index in [4.69, 9.17) is 0 Å². The smallest absolute Gasteiger partial charge is 0.310 e. The first kappa shape index (κ1) is 17.5. The van der Waals surface area contributed by atoms with Crippen LogP contribution in [0, 0.1) is 5.41 Å². The predicted molar refractivity (Wildman–Crippen MR) is 78.7 cm³/mol. The first-order chi connectivity index (χ1) is 9.78. The molecule has 1 aliphatic carbocycles. The number of hydrogen-bond donors (Lipinski definition) is 1. The molecule has 0 atom stereocenters. The van der Waals surface area contributed by atoms with Crippen LogP contribution in [0.4, 0.5) is 0 Å². The number of carboxylic acid groups (broad SMARTS) is 1. The van der Waals surface area contributed by atoms with Crippen molar-refractivity contribution in [3.63, 3.8) is 0 Å². The minimum absolute atomic E-state index is 0.0124. The van der Waals surface area contributed by atoms with Crippen molar-refractivity contribution < 1.29 is 19.5 Å². The third kappa shape index (κ3) is 4.72. The van der Waals surface area contributed by atoms with Gasteiger partial charge in [0.2, 0.25) is 11.8 Å². The molecular weight excluding hydrogens is 272 g/mol. The maximum absolute atomic E-state index is 12.3. The van der Waals surface area contributed by atoms with E-state index >= 15 is 0 Å². The summed E-state index contributed by atoms with van der Waals surface area (Å²) < 4.78 is 0. The lowest BCUT2D eigenvalue weighted by molar-refractivity contribution is -0.154. The van der Waals surface area contributed by atoms with Crippen molar-refractivity contribution in [1.82, 2.24) is 9.80 Å². The van der Waals surface area contributed by atoms with Crippen LogP contribution in [0.15, 0.2) is 0 Å². The maximum atomic E-state index is 12.3. The molecule has 6 heteroatoms. The van der Waals surface area contributed by atoms with Crippen LogP contribution in [0.25, 0.3) is 0 Å². The first-order valence-corrected chi connectivity index (χ1v) is 7.46. The van der Waals surface area contributed by atoms with Crippen molar-refractivity contribution in [1.29, 1.82) is 0 Å². The third-order valence-electron chi connectivity index (χ3n) is 4.30. The number of hydrogen-bond acceptors (Lipinski definition) is 3. The summed E-state index contributed by atoms with van der Waals surface area (Å²) in [7, 11) is 4.81. The van der Waals surface area contributed by atoms with Gasteiger partial charge < -0.3 is 14.9 Å². The van der Waals surface area contributed by atoms with E-state index in [0.717, 1.165) is 25.7 Å². The largest absolute Gasteiger partial charge is 0.481 e. The number of amides is 2. The van der Waals surface area contributed by atoms with Crippen molar-refractivity contribution in [3.05, 3.63) is 0 Å². The van der Waals surface area contributed by atoms with Gasteiger partial charge in [0.05, 0.1) is 12.0 Å². The molecule has 1 fully saturated rings. The normalized spacial score (nSPS) is 17.7. The van der Waals surface area contributed by atoms with Crippen molar-refractivity contribution in [2.24, 2.45) is 5.41 Å². The summed E-state index contributed by atoms with van der Waals surface area (Å²) in [5.41, 5.74) is -0.955. The van der Waals surface area contributed by atoms with Crippen LogP contribution in [0.1, 0.15) is 44.9 Å². The number of aliphatic carboxylic acids is 1. The number of rotatable bonds is 5. The molecular formula is C15H26N2O4. The van der Waals surface area contributed by atoms with Crippen molar-refractivity contribution in [2.75, 3.05) is 27.7 Å². The van der Waals surface area contributed by atoms with Crippen molar-refractivity contribution in [3.8, 4) is 0 Å². The Bertz CT molecular complexity index is 398. The van der Waals surface area contributed by atoms with Crippen molar-refractivity contribution >= 4 is 17.8 Å². The topological polar surface area (TPSA) is 77.9 Å². The second-order valence-corrected chi connectivity index (χ2v) is 6.21. The summed E-state index contributed by atoms with van der Waals surface area (Å²) in [6, 6.07) is 0. The standard InChI is InChI=1S/C15H26N2O4/c1-16(2)13(19)11-17(3)12(18)10-15(14(20)21)8-6-4-5-7-9-15/h4-11H2,1-3H3,(H,20,21). The van der Waals surface area contributed by atoms with Crippen LogP contribution in [0.3, 0.4) is 0 Å². The molecule has 1 aliphatic rings. The molecule has 0 aromatic heterocycles. The Morgan fingerprint density at radius 3 is 1.90 bits per heavy atom. The fourth-order valence-electron chi connectivity index (χ4n) is 2.73. The molecule has 0 saturated heterocycles. The van der Waals surface area contributed by atoms with E-state index in [2.05, 4.69) is 0 Å². The highest BCUT2D eigenvalue weighted by Crippen LogP contribution is 2.38. The SMILES string of the molecule is CN(C)C(=O)CN(C)C(=O)CC1(C(=O)O)CCCCCC1. The van der Waals surface area contributed by atoms with E-state index in [1.807, 2.05) is 0 Å². The quantitative estimate of drug-likeness (QED) is 0.777. The van der Waals surface area contributed by atoms with Crippen LogP contribution in [-0.4, -0.2) is 60.4 Å². The Balaban J connectivity index is 2.72. The summed E-state index contributed by atoms with van der Waals surface area (Å²) in [5.74, 6) is -1.32. The van der Waals surface area contributed by atoms with E-state index < -0.39 is 11.4 Å². The fourth-order valence-corrected chi connectivity index (χ4v) is 2.73. The molecule has 6 nitrogen and oxygen atoms in total. The van der Waals surface area contributed by atoms with Gasteiger partial charge in [-0.3, -0.25) is 14.4 Å². The van der Waals surface area contributed by atoms with Crippen LogP contribution in [0.5, 0.6) is 0 Å². The molecule has 0 heterocycles. The van der Waals surface area contributed by atoms with Crippen LogP contribution < -0.4 is 0 Å². The van der Waals surface area contributed by atoms with Gasteiger partial charge in [-0.25, -0.2) is 0 Å². The van der Waals surface area contributed by atoms with Crippen molar-refractivity contribution in [2.45, 2.75) is 44.9 Å². The highest BCUT2D eigenvalue weighted by atomic mass is 16.4. The number of nitrogens with zero attached hydrogens (tertiary/aromatic N) is 2. The van der Waals surface area contributed by atoms with E-state index in [0.29, 0.717) is 12.8 Å². The number of carboxylic acids is 1. The highest BCUT2D eigenvalue weighted by Gasteiger charge is 2.41. The van der Waals surface area contributed by atoms with Gasteiger partial charge in [-0.1, -0.05) is 25.7 Å². The Morgan fingerprint density at radius 1 is 0.952 bits per heavy atom. The molecule has 0 aromatic rings. The molecule has 0 aromatic carbocycles. The number of carbonyl (C=O) groups is 3. The summed E-state index contributed by atoms with van der Waals surface area (Å²) in [4.78, 5) is 38.3. The molecule has 0 spiro atoms. The number of carbonyl (C=O) groups excluding carboxylic acids is 2. The van der Waals surface area contributed by atoms with E-state index in [1.165, 1.54) is 9.80 Å². The molecule has 1 N–H and O–H groups in total. The van der Waals surface area contributed by atoms with Crippen LogP contribution >= 0.6 is 0 Å². The molecule has 21 heavy (non-hydrogen) atoms. The van der Waals surface area contributed by atoms with Gasteiger partial charge in [0.25, 0.3) is 0 Å². The molecule has 0 aliphatic heterocycles. The molecule has 120 valence electrons. The summed E-state index contributed by atoms with van der Waals surface area (Å²) in [5, 5.41) is 9.57. The van der Waals surface area contributed by atoms with Gasteiger partial charge in [0.15, 0.2) is 0 Å². The summed E-state index contributed by atoms with van der Waals surface area (Å²) >= 11 is 0. The molecule has 0 unspecified atom stereocenters. The Hall–Kier alpha value is -1.59. The van der Waals surface area contributed by atoms with Gasteiger partial charge in [-0.05, 0) is 12.8 Å². The fraction of sp³-hybridized carbons (Fsp3) is 0.800. The zero-order chi connectivity index (χ0) is 16.0. The van der Waals surface area contributed by atoms with E-state index in [-0.39, 0.29) is 24.8 Å². The van der Waals surface area contributed by atoms with Gasteiger partial charge in [0.1, 0.15) is 0 Å². The average molecular weight is 298 g/mol. The monoisotopic (exact) mass is 298 g/mol. The predicted octanol–water partition coefficient (Wildman–Crippen LogP) is 1.35. The second kappa shape index (κ2) is 7.43. The number of likely N-dealkylation sites (N-methyl/N-ethyl adjacent to an activating group) is 2. The van der Waals surface area contributed by atoms with Crippen LogP contribution in [-0.2, 0) is 14.4 Å². The zero-order valence-electron chi connectivity index (χ0n) is 13.2. The lowest BCUT2D eigenvalue weighted by Crippen LogP contribution is -2.42. The average Bonchev–Trinajstić information content (AvgIpc) is 2.64. The van der Waals surface area contributed by atoms with Crippen LogP contribution in [0.2, 0.25) is 0 Å². The first-order valence-electron chi connectivity index (χ1n) is 7.46. The second-order valence-electron chi connectivity index (χ2n) is 6.21. The minimum Gasteiger partial charge on any atom is -0.481 e. The molecule has 2 amide bonds. The lowest BCUT2D eigenvalue weighted by atomic mass is 9.77. The molecule has 1 rings (SSSR count). The molecule has 0 radical (unpaired) electrons. The summed E-state index contributed by atoms with van der Waals surface area (Å²) in [6.45, 7) is -0.0124. The Labute approximate surface area is 126 Å². The third-order valence-corrected chi connectivity index (χ3v) is 4.30. The highest BCUT2D eigenvalue weighted by molar-refractivity contribution is 5.88. The minimum atomic E-state index is -0.955. The Morgan fingerprint density at radius 2 is 1.48 bits per heavy atom. The zero-order valence-corrected chi connectivity index (χ0v) is 13.2. The van der Waals surface area contributed by atoms with E-state index in [9.17, 15) is 19.5 Å². The molecule has 0 bridgehead atoms. The molecule has 1 saturated carbocycles.